The Kier molecular flexibility index (Phi) is 6.21. The van der Waals surface area contributed by atoms with E-state index in [0.717, 1.165) is 0 Å². The number of esters is 1. The molecule has 0 aliphatic rings. The quantitative estimate of drug-likeness (QED) is 0.558. The summed E-state index contributed by atoms with van der Waals surface area (Å²) in [5.74, 6) is -0.767. The van der Waals surface area contributed by atoms with Crippen molar-refractivity contribution in [2.24, 2.45) is 0 Å². The Morgan fingerprint density at radius 1 is 1.26 bits per heavy atom. The Morgan fingerprint density at radius 2 is 1.95 bits per heavy atom. The average Bonchev–Trinajstić information content (AvgIpc) is 2.38. The maximum Gasteiger partial charge on any atom is 0.313 e. The van der Waals surface area contributed by atoms with Crippen LogP contribution in [-0.2, 0) is 25.1 Å². The summed E-state index contributed by atoms with van der Waals surface area (Å²) in [4.78, 5) is 23.2. The molecule has 1 aromatic rings. The van der Waals surface area contributed by atoms with Gasteiger partial charge in [0.25, 0.3) is 0 Å². The molecule has 0 aliphatic heterocycles. The molecular formula is C13H16O5S. The third-order valence-electron chi connectivity index (χ3n) is 2.25. The molecule has 0 fully saturated rings. The number of rotatable bonds is 7. The second-order valence-corrected chi connectivity index (χ2v) is 5.08. The Labute approximate surface area is 114 Å². The molecule has 1 rings (SSSR count). The van der Waals surface area contributed by atoms with Crippen molar-refractivity contribution in [1.29, 1.82) is 0 Å². The van der Waals surface area contributed by atoms with Gasteiger partial charge in [-0.05, 0) is 19.1 Å². The first-order valence-electron chi connectivity index (χ1n) is 5.77. The van der Waals surface area contributed by atoms with Crippen LogP contribution in [-0.4, -0.2) is 35.4 Å². The van der Waals surface area contributed by atoms with E-state index in [1.54, 1.807) is 31.2 Å². The molecule has 0 saturated heterocycles. The average molecular weight is 284 g/mol. The van der Waals surface area contributed by atoms with Crippen molar-refractivity contribution in [3.8, 4) is 5.75 Å². The summed E-state index contributed by atoms with van der Waals surface area (Å²) >= 11 is 0. The zero-order valence-corrected chi connectivity index (χ0v) is 11.7. The first kappa shape index (κ1) is 15.4. The highest BCUT2D eigenvalue weighted by Crippen LogP contribution is 2.21. The van der Waals surface area contributed by atoms with Crippen LogP contribution in [0.1, 0.15) is 13.3 Å². The van der Waals surface area contributed by atoms with Crippen molar-refractivity contribution >= 4 is 22.6 Å². The first-order chi connectivity index (χ1) is 9.08. The number of carbonyl (C=O) groups is 2. The van der Waals surface area contributed by atoms with Gasteiger partial charge in [0.1, 0.15) is 12.2 Å². The van der Waals surface area contributed by atoms with E-state index in [1.165, 1.54) is 7.11 Å². The highest BCUT2D eigenvalue weighted by atomic mass is 32.2. The second kappa shape index (κ2) is 7.68. The highest BCUT2D eigenvalue weighted by Gasteiger charge is 2.17. The first-order valence-corrected chi connectivity index (χ1v) is 7.09. The number of ketones is 1. The molecule has 5 nitrogen and oxygen atoms in total. The number of Topliss-reactive ketones (excluding diaryl/α,β-unsaturated/α-hetero) is 1. The SMILES string of the molecule is CCOC(=O)CC(=O)CS(=O)c1ccccc1OC. The Morgan fingerprint density at radius 3 is 2.58 bits per heavy atom. The van der Waals surface area contributed by atoms with Gasteiger partial charge in [-0.1, -0.05) is 12.1 Å². The minimum absolute atomic E-state index is 0.223. The maximum atomic E-state index is 12.0. The smallest absolute Gasteiger partial charge is 0.313 e. The van der Waals surface area contributed by atoms with Crippen LogP contribution in [0, 0.1) is 0 Å². The Hall–Kier alpha value is -1.69. The van der Waals surface area contributed by atoms with E-state index in [4.69, 9.17) is 4.74 Å². The van der Waals surface area contributed by atoms with E-state index in [9.17, 15) is 13.8 Å². The summed E-state index contributed by atoms with van der Waals surface area (Å²) in [6, 6.07) is 6.77. The molecule has 1 aromatic carbocycles. The third-order valence-corrected chi connectivity index (χ3v) is 3.67. The van der Waals surface area contributed by atoms with E-state index < -0.39 is 22.6 Å². The number of methoxy groups -OCH3 is 1. The van der Waals surface area contributed by atoms with Crippen molar-refractivity contribution in [2.75, 3.05) is 19.5 Å². The minimum atomic E-state index is -1.53. The molecule has 1 unspecified atom stereocenters. The molecule has 6 heteroatoms. The summed E-state index contributed by atoms with van der Waals surface area (Å²) in [7, 11) is -0.0589. The lowest BCUT2D eigenvalue weighted by molar-refractivity contribution is -0.145. The van der Waals surface area contributed by atoms with Crippen LogP contribution in [0.4, 0.5) is 0 Å². The van der Waals surface area contributed by atoms with Gasteiger partial charge in [0.2, 0.25) is 0 Å². The zero-order chi connectivity index (χ0) is 14.3. The molecule has 0 aromatic heterocycles. The van der Waals surface area contributed by atoms with Gasteiger partial charge < -0.3 is 9.47 Å². The number of carbonyl (C=O) groups excluding carboxylic acids is 2. The van der Waals surface area contributed by atoms with Gasteiger partial charge in [0.05, 0.1) is 35.2 Å². The van der Waals surface area contributed by atoms with Gasteiger partial charge in [0.15, 0.2) is 5.78 Å². The molecule has 0 heterocycles. The number of para-hydroxylation sites is 1. The predicted octanol–water partition coefficient (Wildman–Crippen LogP) is 1.33. The summed E-state index contributed by atoms with van der Waals surface area (Å²) < 4.78 is 21.8. The third kappa shape index (κ3) is 4.82. The Balaban J connectivity index is 2.64. The zero-order valence-electron chi connectivity index (χ0n) is 10.9. The van der Waals surface area contributed by atoms with E-state index >= 15 is 0 Å². The largest absolute Gasteiger partial charge is 0.495 e. The molecule has 19 heavy (non-hydrogen) atoms. The van der Waals surface area contributed by atoms with Crippen LogP contribution < -0.4 is 4.74 Å². The molecule has 0 saturated carbocycles. The van der Waals surface area contributed by atoms with Crippen LogP contribution in [0.2, 0.25) is 0 Å². The minimum Gasteiger partial charge on any atom is -0.495 e. The van der Waals surface area contributed by atoms with E-state index in [1.807, 2.05) is 0 Å². The Bertz CT molecular complexity index is 484. The standard InChI is InChI=1S/C13H16O5S/c1-3-18-13(15)8-10(14)9-19(16)12-7-5-4-6-11(12)17-2/h4-7H,3,8-9H2,1-2H3. The lowest BCUT2D eigenvalue weighted by Gasteiger charge is -2.07. The van der Waals surface area contributed by atoms with Gasteiger partial charge >= 0.3 is 5.97 Å². The van der Waals surface area contributed by atoms with Crippen molar-refractivity contribution < 1.29 is 23.3 Å². The van der Waals surface area contributed by atoms with Gasteiger partial charge in [0, 0.05) is 0 Å². The van der Waals surface area contributed by atoms with Gasteiger partial charge in [-0.15, -0.1) is 0 Å². The summed E-state index contributed by atoms with van der Waals surface area (Å²) in [6.07, 6.45) is -0.352. The van der Waals surface area contributed by atoms with Gasteiger partial charge in [-0.3, -0.25) is 13.8 Å². The fourth-order valence-corrected chi connectivity index (χ4v) is 2.61. The van der Waals surface area contributed by atoms with Crippen LogP contribution in [0.25, 0.3) is 0 Å². The molecule has 0 radical (unpaired) electrons. The molecule has 104 valence electrons. The normalized spacial score (nSPS) is 11.7. The second-order valence-electron chi connectivity index (χ2n) is 3.66. The van der Waals surface area contributed by atoms with E-state index in [0.29, 0.717) is 10.6 Å². The number of hydrogen-bond donors (Lipinski definition) is 0. The summed E-state index contributed by atoms with van der Waals surface area (Å²) in [6.45, 7) is 1.89. The molecular weight excluding hydrogens is 268 g/mol. The lowest BCUT2D eigenvalue weighted by Crippen LogP contribution is -2.17. The molecule has 0 amide bonds. The van der Waals surface area contributed by atoms with Gasteiger partial charge in [-0.25, -0.2) is 0 Å². The van der Waals surface area contributed by atoms with Gasteiger partial charge in [-0.2, -0.15) is 0 Å². The number of ether oxygens (including phenoxy) is 2. The summed E-state index contributed by atoms with van der Waals surface area (Å²) in [5, 5.41) is 0. The molecule has 0 aliphatic carbocycles. The summed E-state index contributed by atoms with van der Waals surface area (Å²) in [5.41, 5.74) is 0. The number of hydrogen-bond acceptors (Lipinski definition) is 5. The monoisotopic (exact) mass is 284 g/mol. The van der Waals surface area contributed by atoms with E-state index in [2.05, 4.69) is 4.74 Å². The van der Waals surface area contributed by atoms with Crippen LogP contribution in [0.15, 0.2) is 29.2 Å². The van der Waals surface area contributed by atoms with Crippen LogP contribution >= 0.6 is 0 Å². The van der Waals surface area contributed by atoms with E-state index in [-0.39, 0.29) is 18.8 Å². The topological polar surface area (TPSA) is 69.7 Å². The lowest BCUT2D eigenvalue weighted by atomic mass is 10.3. The molecule has 1 atom stereocenters. The fourth-order valence-electron chi connectivity index (χ4n) is 1.45. The van der Waals surface area contributed by atoms with Crippen LogP contribution in [0.3, 0.4) is 0 Å². The van der Waals surface area contributed by atoms with Crippen LogP contribution in [0.5, 0.6) is 5.75 Å². The fraction of sp³-hybridized carbons (Fsp3) is 0.385. The van der Waals surface area contributed by atoms with Crippen molar-refractivity contribution in [1.82, 2.24) is 0 Å². The maximum absolute atomic E-state index is 12.0. The van der Waals surface area contributed by atoms with Crippen molar-refractivity contribution in [3.05, 3.63) is 24.3 Å². The predicted molar refractivity (Wildman–Crippen MR) is 70.5 cm³/mol. The van der Waals surface area contributed by atoms with Crippen molar-refractivity contribution in [3.63, 3.8) is 0 Å². The van der Waals surface area contributed by atoms with Crippen molar-refractivity contribution in [2.45, 2.75) is 18.2 Å². The highest BCUT2D eigenvalue weighted by molar-refractivity contribution is 7.85. The molecule has 0 bridgehead atoms. The molecule has 0 spiro atoms. The molecule has 0 N–H and O–H groups in total. The number of benzene rings is 1.